The largest absolute Gasteiger partial charge is 0.496 e. The van der Waals surface area contributed by atoms with Crippen LogP contribution in [-0.2, 0) is 21.4 Å². The van der Waals surface area contributed by atoms with E-state index in [0.29, 0.717) is 0 Å². The van der Waals surface area contributed by atoms with E-state index in [0.717, 1.165) is 69.3 Å². The van der Waals surface area contributed by atoms with Crippen molar-refractivity contribution in [3.8, 4) is 5.75 Å². The van der Waals surface area contributed by atoms with E-state index in [2.05, 4.69) is 43.1 Å². The lowest BCUT2D eigenvalue weighted by Gasteiger charge is -2.41. The summed E-state index contributed by atoms with van der Waals surface area (Å²) >= 11 is 0. The third-order valence-corrected chi connectivity index (χ3v) is 8.05. The Kier molecular flexibility index (Phi) is 8.67. The summed E-state index contributed by atoms with van der Waals surface area (Å²) in [5, 5.41) is 3.57. The summed E-state index contributed by atoms with van der Waals surface area (Å²) in [6, 6.07) is 16.7. The first-order valence-corrected chi connectivity index (χ1v) is 13.3. The topological polar surface area (TPSA) is 47.6 Å². The van der Waals surface area contributed by atoms with Gasteiger partial charge in [0.15, 0.2) is 0 Å². The molecule has 2 aromatic carbocycles. The average molecular weight is 476 g/mol. The Morgan fingerprint density at radius 3 is 2.46 bits per heavy atom. The summed E-state index contributed by atoms with van der Waals surface area (Å²) in [5.41, 5.74) is 4.32. The number of nitrogens with one attached hydrogen (secondary N) is 1. The number of esters is 1. The number of carbonyl (C=O) groups is 1. The van der Waals surface area contributed by atoms with E-state index in [-0.39, 0.29) is 18.0 Å². The highest BCUT2D eigenvalue weighted by atomic mass is 16.5. The van der Waals surface area contributed by atoms with Crippen LogP contribution in [0.3, 0.4) is 0 Å². The Hall–Kier alpha value is -2.59. The van der Waals surface area contributed by atoms with Crippen LogP contribution in [0.1, 0.15) is 68.1 Å². The minimum absolute atomic E-state index is 0.0177. The smallest absolute Gasteiger partial charge is 0.316 e. The van der Waals surface area contributed by atoms with Crippen molar-refractivity contribution < 1.29 is 14.3 Å². The predicted octanol–water partition coefficient (Wildman–Crippen LogP) is 6.31. The van der Waals surface area contributed by atoms with Gasteiger partial charge in [0.2, 0.25) is 0 Å². The van der Waals surface area contributed by atoms with Crippen molar-refractivity contribution in [2.24, 2.45) is 5.92 Å². The highest BCUT2D eigenvalue weighted by Crippen LogP contribution is 2.43. The fraction of sp³-hybridized carbons (Fsp3) is 0.516. The summed E-state index contributed by atoms with van der Waals surface area (Å²) in [6.45, 7) is 8.15. The van der Waals surface area contributed by atoms with Gasteiger partial charge >= 0.3 is 5.97 Å². The van der Waals surface area contributed by atoms with Gasteiger partial charge in [0.1, 0.15) is 11.9 Å². The molecule has 4 nitrogen and oxygen atoms in total. The minimum Gasteiger partial charge on any atom is -0.496 e. The van der Waals surface area contributed by atoms with Crippen molar-refractivity contribution in [2.75, 3.05) is 20.2 Å². The molecule has 2 unspecified atom stereocenters. The van der Waals surface area contributed by atoms with Crippen molar-refractivity contribution in [3.05, 3.63) is 77.4 Å². The first-order chi connectivity index (χ1) is 17.0. The lowest BCUT2D eigenvalue weighted by molar-refractivity contribution is -0.162. The van der Waals surface area contributed by atoms with Gasteiger partial charge in [-0.3, -0.25) is 4.79 Å². The lowest BCUT2D eigenvalue weighted by Crippen LogP contribution is -2.45. The van der Waals surface area contributed by atoms with E-state index in [4.69, 9.17) is 9.47 Å². The van der Waals surface area contributed by atoms with Crippen LogP contribution in [0.15, 0.2) is 60.7 Å². The number of carbonyl (C=O) groups excluding carboxylic acids is 1. The fourth-order valence-electron chi connectivity index (χ4n) is 5.83. The van der Waals surface area contributed by atoms with E-state index in [9.17, 15) is 4.79 Å². The molecule has 2 aliphatic rings. The molecule has 2 atom stereocenters. The van der Waals surface area contributed by atoms with Crippen molar-refractivity contribution in [3.63, 3.8) is 0 Å². The Morgan fingerprint density at radius 2 is 1.80 bits per heavy atom. The van der Waals surface area contributed by atoms with Crippen LogP contribution in [0.4, 0.5) is 0 Å². The molecule has 4 rings (SSSR count). The molecule has 0 amide bonds. The van der Waals surface area contributed by atoms with Crippen LogP contribution in [0.2, 0.25) is 0 Å². The standard InChI is InChI=1S/C31H41NO3/c1-23-22-29(27(23)16-20-32-19-15-25-13-14-28(34-3)24(2)21-25)35-30(33)31(17-9-4-5-10-18-31)26-11-7-6-8-12-26/h6-8,11-14,21,27,29,32H,1,4-5,9-10,15-20,22H2,2-3H3. The van der Waals surface area contributed by atoms with Gasteiger partial charge in [-0.25, -0.2) is 0 Å². The van der Waals surface area contributed by atoms with Crippen LogP contribution in [0.5, 0.6) is 5.75 Å². The first kappa shape index (κ1) is 25.5. The van der Waals surface area contributed by atoms with Gasteiger partial charge in [-0.1, -0.05) is 80.3 Å². The van der Waals surface area contributed by atoms with E-state index >= 15 is 0 Å². The predicted molar refractivity (Wildman–Crippen MR) is 142 cm³/mol. The van der Waals surface area contributed by atoms with Gasteiger partial charge in [-0.15, -0.1) is 0 Å². The number of methoxy groups -OCH3 is 1. The van der Waals surface area contributed by atoms with Crippen LogP contribution in [0.25, 0.3) is 0 Å². The zero-order valence-corrected chi connectivity index (χ0v) is 21.5. The van der Waals surface area contributed by atoms with E-state index in [1.54, 1.807) is 7.11 Å². The number of aryl methyl sites for hydroxylation is 1. The number of rotatable bonds is 10. The van der Waals surface area contributed by atoms with Gasteiger partial charge in [0.25, 0.3) is 0 Å². The Labute approximate surface area is 211 Å². The highest BCUT2D eigenvalue weighted by Gasteiger charge is 2.45. The van der Waals surface area contributed by atoms with Crippen LogP contribution < -0.4 is 10.1 Å². The first-order valence-electron chi connectivity index (χ1n) is 13.3. The minimum atomic E-state index is -0.492. The normalized spacial score (nSPS) is 21.6. The molecule has 4 heteroatoms. The molecule has 35 heavy (non-hydrogen) atoms. The number of hydrogen-bond donors (Lipinski definition) is 1. The second kappa shape index (κ2) is 11.9. The number of benzene rings is 2. The summed E-state index contributed by atoms with van der Waals surface area (Å²) in [7, 11) is 1.71. The van der Waals surface area contributed by atoms with E-state index < -0.39 is 5.41 Å². The van der Waals surface area contributed by atoms with Gasteiger partial charge in [0.05, 0.1) is 12.5 Å². The second-order valence-electron chi connectivity index (χ2n) is 10.4. The third kappa shape index (κ3) is 5.98. The molecular weight excluding hydrogens is 434 g/mol. The van der Waals surface area contributed by atoms with Crippen molar-refractivity contribution in [1.29, 1.82) is 0 Å². The van der Waals surface area contributed by atoms with Crippen LogP contribution >= 0.6 is 0 Å². The molecule has 0 spiro atoms. The molecule has 0 aromatic heterocycles. The number of hydrogen-bond acceptors (Lipinski definition) is 4. The van der Waals surface area contributed by atoms with E-state index in [1.165, 1.54) is 29.5 Å². The van der Waals surface area contributed by atoms with Crippen molar-refractivity contribution in [2.45, 2.75) is 76.2 Å². The molecule has 2 saturated carbocycles. The molecule has 0 radical (unpaired) electrons. The third-order valence-electron chi connectivity index (χ3n) is 8.05. The van der Waals surface area contributed by atoms with Crippen LogP contribution in [0, 0.1) is 12.8 Å². The average Bonchev–Trinajstić information content (AvgIpc) is 3.13. The SMILES string of the molecule is C=C1CC(OC(=O)C2(c3ccccc3)CCCCCC2)C1CCNCCc1ccc(OC)c(C)c1. The molecule has 0 bridgehead atoms. The van der Waals surface area contributed by atoms with Gasteiger partial charge in [-0.05, 0) is 68.5 Å². The zero-order valence-electron chi connectivity index (χ0n) is 21.5. The summed E-state index contributed by atoms with van der Waals surface area (Å²) < 4.78 is 11.6. The maximum absolute atomic E-state index is 13.7. The second-order valence-corrected chi connectivity index (χ2v) is 10.4. The summed E-state index contributed by atoms with van der Waals surface area (Å²) in [4.78, 5) is 13.7. The molecule has 1 N–H and O–H groups in total. The van der Waals surface area contributed by atoms with Crippen LogP contribution in [-0.4, -0.2) is 32.3 Å². The van der Waals surface area contributed by atoms with Gasteiger partial charge < -0.3 is 14.8 Å². The lowest BCUT2D eigenvalue weighted by atomic mass is 9.72. The molecule has 0 heterocycles. The monoisotopic (exact) mass is 475 g/mol. The van der Waals surface area contributed by atoms with Crippen molar-refractivity contribution in [1.82, 2.24) is 5.32 Å². The molecular formula is C31H41NO3. The maximum atomic E-state index is 13.7. The Balaban J connectivity index is 1.29. The molecule has 0 saturated heterocycles. The molecule has 188 valence electrons. The summed E-state index contributed by atoms with van der Waals surface area (Å²) in [6.07, 6.45) is 9.05. The fourth-order valence-corrected chi connectivity index (χ4v) is 5.83. The zero-order chi connectivity index (χ0) is 24.7. The Morgan fingerprint density at radius 1 is 1.06 bits per heavy atom. The Bertz CT molecular complexity index is 992. The van der Waals surface area contributed by atoms with Gasteiger partial charge in [0, 0.05) is 12.3 Å². The maximum Gasteiger partial charge on any atom is 0.316 e. The molecule has 2 fully saturated rings. The highest BCUT2D eigenvalue weighted by molar-refractivity contribution is 5.83. The number of ether oxygens (including phenoxy) is 2. The summed E-state index contributed by atoms with van der Waals surface area (Å²) in [5.74, 6) is 1.17. The molecule has 0 aliphatic heterocycles. The molecule has 2 aliphatic carbocycles. The van der Waals surface area contributed by atoms with E-state index in [1.807, 2.05) is 24.3 Å². The quantitative estimate of drug-likeness (QED) is 0.189. The molecule has 2 aromatic rings. The van der Waals surface area contributed by atoms with Crippen molar-refractivity contribution >= 4 is 5.97 Å². The van der Waals surface area contributed by atoms with Gasteiger partial charge in [-0.2, -0.15) is 0 Å².